The Morgan fingerprint density at radius 2 is 0.258 bits per heavy atom. The molecule has 0 atom stereocenters. The first-order valence-electron chi connectivity index (χ1n) is 3.65. The minimum Gasteiger partial charge on any atom is -0.822 e. The van der Waals surface area contributed by atoms with Gasteiger partial charge in [-0.2, -0.15) is 39.1 Å². The van der Waals surface area contributed by atoms with Crippen molar-refractivity contribution in [1.82, 2.24) is 0 Å². The van der Waals surface area contributed by atoms with E-state index in [2.05, 4.69) is 0 Å². The summed E-state index contributed by atoms with van der Waals surface area (Å²) in [5.41, 5.74) is 0. The van der Waals surface area contributed by atoms with Crippen LogP contribution in [0.5, 0.6) is 0 Å². The smallest absolute Gasteiger partial charge is 0.822 e. The largest absolute Gasteiger partial charge is 3.00 e. The molecule has 0 N–H and O–H groups in total. The molecule has 0 aliphatic heterocycles. The maximum atomic E-state index is 8.55. The summed E-state index contributed by atoms with van der Waals surface area (Å²) in [4.78, 5) is 128. The van der Waals surface area contributed by atoms with E-state index in [1.165, 1.54) is 0 Å². The molecule has 0 unspecified atom stereocenters. The van der Waals surface area contributed by atoms with E-state index in [1.807, 2.05) is 0 Å². The molecule has 0 fully saturated rings. The van der Waals surface area contributed by atoms with E-state index in [9.17, 15) is 0 Å². The first-order chi connectivity index (χ1) is 10.0. The Morgan fingerprint density at radius 1 is 0.258 bits per heavy atom. The maximum absolute atomic E-state index is 8.55. The molecule has 0 amide bonds. The third kappa shape index (κ3) is 2510. The van der Waals surface area contributed by atoms with Gasteiger partial charge in [0, 0.05) is 0 Å². The zero-order valence-electron chi connectivity index (χ0n) is 12.5. The summed E-state index contributed by atoms with van der Waals surface area (Å²) >= 11 is 0. The number of rotatable bonds is 0. The number of hydrogen-bond donors (Lipinski definition) is 0. The molecular formula is Fe6O20P5. The molecule has 20 nitrogen and oxygen atoms in total. The monoisotopic (exact) mass is 810 g/mol. The Labute approximate surface area is 236 Å². The summed E-state index contributed by atoms with van der Waals surface area (Å²) in [6.07, 6.45) is 0. The minimum atomic E-state index is -5.39. The molecule has 0 saturated heterocycles. The summed E-state index contributed by atoms with van der Waals surface area (Å²) in [6.45, 7) is 0. The predicted molar refractivity (Wildman–Crippen MR) is 38.0 cm³/mol. The maximum Gasteiger partial charge on any atom is 3.00 e. The van der Waals surface area contributed by atoms with Crippen LogP contribution in [0.15, 0.2) is 0 Å². The van der Waals surface area contributed by atoms with Gasteiger partial charge in [-0.25, -0.2) is 0 Å². The molecule has 0 aliphatic rings. The van der Waals surface area contributed by atoms with Crippen molar-refractivity contribution in [2.24, 2.45) is 0 Å². The Morgan fingerprint density at radius 3 is 0.258 bits per heavy atom. The van der Waals surface area contributed by atoms with E-state index < -0.39 is 39.1 Å². The van der Waals surface area contributed by atoms with Crippen molar-refractivity contribution in [3.63, 3.8) is 0 Å². The van der Waals surface area contributed by atoms with Gasteiger partial charge in [-0.3, -0.25) is 0 Å². The van der Waals surface area contributed by atoms with Gasteiger partial charge in [0.25, 0.3) is 0 Å². The third-order valence-corrected chi connectivity index (χ3v) is 0. The predicted octanol–water partition coefficient (Wildman–Crippen LogP) is -14.1. The second-order valence-electron chi connectivity index (χ2n) is 2.24. The van der Waals surface area contributed by atoms with E-state index in [4.69, 9.17) is 96.2 Å². The standard InChI is InChI=1S/6Fe.5H3O4P/c;;;;;;5*1-5(2,3)4/h;;;;;;5*(H3,1,2,3,4)/q3*+2;3*+3;;;;;/p-15. The Balaban J connectivity index is -0.0000000171. The molecule has 3 radical (unpaired) electrons. The normalized spacial score (nSPS) is 9.52. The van der Waals surface area contributed by atoms with E-state index in [0.29, 0.717) is 0 Å². The first-order valence-corrected chi connectivity index (χ1v) is 11.0. The average molecular weight is 810 g/mol. The van der Waals surface area contributed by atoms with Crippen molar-refractivity contribution >= 4 is 39.1 Å². The topological polar surface area (TPSA) is 431 Å². The fraction of sp³-hybridized carbons (Fsp3) is 0. The Kier molecular flexibility index (Phi) is 71.7. The van der Waals surface area contributed by atoms with Gasteiger partial charge in [0.2, 0.25) is 0 Å². The second kappa shape index (κ2) is 31.7. The van der Waals surface area contributed by atoms with E-state index >= 15 is 0 Å². The second-order valence-corrected chi connectivity index (χ2v) is 6.71. The summed E-state index contributed by atoms with van der Waals surface area (Å²) in [7, 11) is -26.9. The molecule has 0 aromatic carbocycles. The molecule has 193 valence electrons. The van der Waals surface area contributed by atoms with Gasteiger partial charge in [0.05, 0.1) is 0 Å². The third-order valence-electron chi connectivity index (χ3n) is 0. The zero-order chi connectivity index (χ0) is 22.5. The van der Waals surface area contributed by atoms with Gasteiger partial charge < -0.3 is 96.2 Å². The summed E-state index contributed by atoms with van der Waals surface area (Å²) in [5, 5.41) is 0. The van der Waals surface area contributed by atoms with Gasteiger partial charge in [0.1, 0.15) is 0 Å². The van der Waals surface area contributed by atoms with Crippen molar-refractivity contribution in [2.75, 3.05) is 0 Å². The van der Waals surface area contributed by atoms with Crippen LogP contribution in [0.4, 0.5) is 0 Å². The van der Waals surface area contributed by atoms with Crippen LogP contribution in [-0.4, -0.2) is 0 Å². The molecule has 0 aromatic heterocycles. The van der Waals surface area contributed by atoms with Crippen molar-refractivity contribution in [1.29, 1.82) is 0 Å². The van der Waals surface area contributed by atoms with Crippen molar-refractivity contribution in [3.05, 3.63) is 0 Å². The van der Waals surface area contributed by atoms with Gasteiger partial charge in [0.15, 0.2) is 0 Å². The number of hydrogen-bond acceptors (Lipinski definition) is 20. The van der Waals surface area contributed by atoms with Crippen LogP contribution in [0, 0.1) is 0 Å². The molecule has 0 saturated carbocycles. The Hall–Kier alpha value is 3.67. The van der Waals surface area contributed by atoms with Crippen LogP contribution >= 0.6 is 39.1 Å². The Bertz CT molecular complexity index is 387. The number of phosphoric acid groups is 5. The molecule has 0 aliphatic carbocycles. The van der Waals surface area contributed by atoms with Crippen LogP contribution in [0.25, 0.3) is 0 Å². The van der Waals surface area contributed by atoms with Gasteiger partial charge >= 0.3 is 102 Å². The fourth-order valence-corrected chi connectivity index (χ4v) is 0. The molecule has 31 heteroatoms. The van der Waals surface area contributed by atoms with Gasteiger partial charge in [-0.05, 0) is 0 Å². The molecular weight excluding hydrogens is 810 g/mol. The van der Waals surface area contributed by atoms with E-state index in [0.717, 1.165) is 0 Å². The van der Waals surface area contributed by atoms with Crippen LogP contribution in [-0.2, 0) is 125 Å². The average Bonchev–Trinajstić information content (AvgIpc) is 1.79. The van der Waals surface area contributed by atoms with Gasteiger partial charge in [-0.1, -0.05) is 0 Å². The van der Waals surface area contributed by atoms with Crippen molar-refractivity contribution < 1.29 is 199 Å². The molecule has 0 bridgehead atoms. The minimum absolute atomic E-state index is 0. The first kappa shape index (κ1) is 70.2. The van der Waals surface area contributed by atoms with Gasteiger partial charge in [-0.15, -0.1) is 0 Å². The summed E-state index contributed by atoms with van der Waals surface area (Å²) in [5.74, 6) is 0. The molecule has 0 aromatic rings. The van der Waals surface area contributed by atoms with Crippen LogP contribution in [0.1, 0.15) is 0 Å². The van der Waals surface area contributed by atoms with Crippen LogP contribution in [0.2, 0.25) is 0 Å². The molecule has 0 heterocycles. The summed E-state index contributed by atoms with van der Waals surface area (Å²) < 4.78 is 42.7. The molecule has 0 rings (SSSR count). The SMILES string of the molecule is O=P([O-])([O-])[O-].O=P([O-])([O-])[O-].O=P([O-])([O-])[O-].O=P([O-])([O-])[O-].O=P([O-])([O-])[O-].[Fe+2].[Fe+2].[Fe+2].[Fe+3].[Fe+3].[Fe+3]. The van der Waals surface area contributed by atoms with Crippen molar-refractivity contribution in [2.45, 2.75) is 0 Å². The quantitative estimate of drug-likeness (QED) is 0.162. The van der Waals surface area contributed by atoms with Crippen LogP contribution in [0.3, 0.4) is 0 Å². The molecule has 0 spiro atoms. The summed E-state index contributed by atoms with van der Waals surface area (Å²) in [6, 6.07) is 0. The zero-order valence-corrected chi connectivity index (χ0v) is 23.6. The van der Waals surface area contributed by atoms with Crippen molar-refractivity contribution in [3.8, 4) is 0 Å². The van der Waals surface area contributed by atoms with Crippen LogP contribution < -0.4 is 73.4 Å². The fourth-order valence-electron chi connectivity index (χ4n) is 0. The van der Waals surface area contributed by atoms with E-state index in [-0.39, 0.29) is 102 Å². The van der Waals surface area contributed by atoms with E-state index in [1.54, 1.807) is 0 Å². The molecule has 31 heavy (non-hydrogen) atoms.